The van der Waals surface area contributed by atoms with Gasteiger partial charge < -0.3 is 36.2 Å². The quantitative estimate of drug-likeness (QED) is 0.229. The number of carbonyl (C=O) groups excluding carboxylic acids is 4. The lowest BCUT2D eigenvalue weighted by molar-refractivity contribution is -0.438. The zero-order chi connectivity index (χ0) is 16.4. The van der Waals surface area contributed by atoms with Gasteiger partial charge in [0.2, 0.25) is 11.8 Å². The van der Waals surface area contributed by atoms with E-state index in [1.54, 1.807) is 0 Å². The SMILES string of the molecule is [NH3+][C@@H](CCC(=O)N[C@@H](CSS)C(=O)NCC(=O)[O-])C(=O)[O-]. The van der Waals surface area contributed by atoms with Gasteiger partial charge in [0.05, 0.1) is 18.5 Å². The zero-order valence-corrected chi connectivity index (χ0v) is 12.7. The smallest absolute Gasteiger partial charge is 0.243 e. The molecule has 120 valence electrons. The minimum absolute atomic E-state index is 0.0322. The number of rotatable bonds is 10. The Bertz CT molecular complexity index is 406. The molecule has 0 radical (unpaired) electrons. The van der Waals surface area contributed by atoms with Crippen molar-refractivity contribution in [2.75, 3.05) is 12.3 Å². The van der Waals surface area contributed by atoms with Crippen LogP contribution < -0.4 is 26.6 Å². The summed E-state index contributed by atoms with van der Waals surface area (Å²) in [6.45, 7) is -0.673. The number of nitrogens with one attached hydrogen (secondary N) is 2. The summed E-state index contributed by atoms with van der Waals surface area (Å²) < 4.78 is 0. The van der Waals surface area contributed by atoms with Gasteiger partial charge >= 0.3 is 0 Å². The molecule has 0 aliphatic heterocycles. The molecule has 0 aliphatic carbocycles. The Morgan fingerprint density at radius 2 is 1.86 bits per heavy atom. The van der Waals surface area contributed by atoms with E-state index in [1.165, 1.54) is 0 Å². The third-order valence-corrected chi connectivity index (χ3v) is 3.28. The molecule has 11 heteroatoms. The molecule has 0 fully saturated rings. The molecular weight excluding hydrogens is 322 g/mol. The van der Waals surface area contributed by atoms with E-state index in [-0.39, 0.29) is 18.6 Å². The van der Waals surface area contributed by atoms with E-state index in [0.717, 1.165) is 10.8 Å². The van der Waals surface area contributed by atoms with Crippen LogP contribution in [0.3, 0.4) is 0 Å². The number of carboxylic acids is 2. The van der Waals surface area contributed by atoms with Crippen LogP contribution in [-0.2, 0) is 19.2 Å². The zero-order valence-electron chi connectivity index (χ0n) is 11.0. The predicted octanol–water partition coefficient (Wildman–Crippen LogP) is -4.94. The van der Waals surface area contributed by atoms with Gasteiger partial charge in [-0.25, -0.2) is 0 Å². The molecule has 0 unspecified atom stereocenters. The molecule has 0 saturated carbocycles. The molecular formula is C10H16N3O6S2-. The lowest BCUT2D eigenvalue weighted by Crippen LogP contribution is -2.68. The second-order valence-corrected chi connectivity index (χ2v) is 5.43. The van der Waals surface area contributed by atoms with Crippen LogP contribution in [0.15, 0.2) is 0 Å². The number of amides is 2. The first kappa shape index (κ1) is 19.5. The predicted molar refractivity (Wildman–Crippen MR) is 72.3 cm³/mol. The third kappa shape index (κ3) is 9.15. The Balaban J connectivity index is 4.35. The molecule has 9 nitrogen and oxygen atoms in total. The molecule has 0 rings (SSSR count). The maximum Gasteiger partial charge on any atom is 0.243 e. The molecule has 21 heavy (non-hydrogen) atoms. The summed E-state index contributed by atoms with van der Waals surface area (Å²) in [7, 11) is 0.983. The molecule has 0 aliphatic rings. The van der Waals surface area contributed by atoms with Crippen LogP contribution in [0.2, 0.25) is 0 Å². The second kappa shape index (κ2) is 10.3. The van der Waals surface area contributed by atoms with Crippen LogP contribution >= 0.6 is 22.5 Å². The Morgan fingerprint density at radius 3 is 2.33 bits per heavy atom. The number of thiol groups is 1. The van der Waals surface area contributed by atoms with Crippen LogP contribution in [0.5, 0.6) is 0 Å². The van der Waals surface area contributed by atoms with E-state index in [4.69, 9.17) is 0 Å². The Kier molecular flexibility index (Phi) is 9.58. The number of hydrogen-bond acceptors (Lipinski definition) is 8. The Hall–Kier alpha value is -1.46. The topological polar surface area (TPSA) is 166 Å². The van der Waals surface area contributed by atoms with Gasteiger partial charge in [-0.1, -0.05) is 10.8 Å². The van der Waals surface area contributed by atoms with Gasteiger partial charge in [0.1, 0.15) is 12.1 Å². The molecule has 0 heterocycles. The van der Waals surface area contributed by atoms with Gasteiger partial charge in [0, 0.05) is 18.6 Å². The number of aliphatic carboxylic acids is 2. The first-order valence-electron chi connectivity index (χ1n) is 5.85. The summed E-state index contributed by atoms with van der Waals surface area (Å²) in [6.07, 6.45) is -0.181. The second-order valence-electron chi connectivity index (χ2n) is 4.06. The molecule has 0 aromatic rings. The van der Waals surface area contributed by atoms with Crippen molar-refractivity contribution >= 4 is 46.2 Å². The van der Waals surface area contributed by atoms with Gasteiger partial charge in [-0.05, 0) is 0 Å². The highest BCUT2D eigenvalue weighted by Gasteiger charge is 2.21. The average Bonchev–Trinajstić information content (AvgIpc) is 2.41. The van der Waals surface area contributed by atoms with Crippen molar-refractivity contribution in [2.45, 2.75) is 24.9 Å². The normalized spacial score (nSPS) is 13.0. The summed E-state index contributed by atoms with van der Waals surface area (Å²) in [5.74, 6) is -3.96. The summed E-state index contributed by atoms with van der Waals surface area (Å²) in [5.41, 5.74) is 3.30. The monoisotopic (exact) mass is 338 g/mol. The van der Waals surface area contributed by atoms with Crippen molar-refractivity contribution in [3.63, 3.8) is 0 Å². The van der Waals surface area contributed by atoms with E-state index >= 15 is 0 Å². The summed E-state index contributed by atoms with van der Waals surface area (Å²) in [4.78, 5) is 43.9. The first-order valence-corrected chi connectivity index (χ1v) is 7.89. The summed E-state index contributed by atoms with van der Waals surface area (Å²) in [6, 6.07) is -2.01. The van der Waals surface area contributed by atoms with Crippen molar-refractivity contribution in [1.82, 2.24) is 10.6 Å². The fourth-order valence-electron chi connectivity index (χ4n) is 1.23. The van der Waals surface area contributed by atoms with Gasteiger partial charge in [-0.3, -0.25) is 9.59 Å². The fourth-order valence-corrected chi connectivity index (χ4v) is 2.06. The summed E-state index contributed by atoms with van der Waals surface area (Å²) in [5, 5.41) is 25.1. The van der Waals surface area contributed by atoms with E-state index in [9.17, 15) is 29.4 Å². The average molecular weight is 338 g/mol. The van der Waals surface area contributed by atoms with Crippen molar-refractivity contribution in [3.05, 3.63) is 0 Å². The molecule has 0 aromatic heterocycles. The van der Waals surface area contributed by atoms with E-state index in [2.05, 4.69) is 28.0 Å². The highest BCUT2D eigenvalue weighted by atomic mass is 33.1. The maximum absolute atomic E-state index is 11.6. The first-order chi connectivity index (χ1) is 9.77. The molecule has 5 N–H and O–H groups in total. The van der Waals surface area contributed by atoms with Crippen molar-refractivity contribution < 1.29 is 35.1 Å². The number of carbonyl (C=O) groups is 4. The number of quaternary nitrogens is 1. The van der Waals surface area contributed by atoms with E-state index < -0.39 is 42.4 Å². The third-order valence-electron chi connectivity index (χ3n) is 2.35. The van der Waals surface area contributed by atoms with Gasteiger partial charge in [0.25, 0.3) is 0 Å². The molecule has 2 amide bonds. The molecule has 0 aromatic carbocycles. The number of hydrogen-bond donors (Lipinski definition) is 4. The van der Waals surface area contributed by atoms with Crippen LogP contribution in [0, 0.1) is 0 Å². The largest absolute Gasteiger partial charge is 0.548 e. The van der Waals surface area contributed by atoms with Crippen molar-refractivity contribution in [2.24, 2.45) is 0 Å². The van der Waals surface area contributed by atoms with Crippen LogP contribution in [0.4, 0.5) is 0 Å². The van der Waals surface area contributed by atoms with Crippen LogP contribution in [0.1, 0.15) is 12.8 Å². The maximum atomic E-state index is 11.6. The van der Waals surface area contributed by atoms with E-state index in [0.29, 0.717) is 0 Å². The highest BCUT2D eigenvalue weighted by molar-refractivity contribution is 8.68. The summed E-state index contributed by atoms with van der Waals surface area (Å²) >= 11 is 3.86. The van der Waals surface area contributed by atoms with E-state index in [1.807, 2.05) is 0 Å². The lowest BCUT2D eigenvalue weighted by Gasteiger charge is -2.18. The van der Waals surface area contributed by atoms with Gasteiger partial charge in [-0.2, -0.15) is 0 Å². The minimum Gasteiger partial charge on any atom is -0.548 e. The number of carboxylic acid groups (broad SMARTS) is 2. The lowest BCUT2D eigenvalue weighted by atomic mass is 10.1. The minimum atomic E-state index is -1.46. The Labute approximate surface area is 129 Å². The molecule has 0 bridgehead atoms. The molecule has 2 atom stereocenters. The van der Waals surface area contributed by atoms with Crippen molar-refractivity contribution in [1.29, 1.82) is 0 Å². The Morgan fingerprint density at radius 1 is 1.24 bits per heavy atom. The van der Waals surface area contributed by atoms with Crippen LogP contribution in [0.25, 0.3) is 0 Å². The molecule has 0 spiro atoms. The molecule has 0 saturated heterocycles. The fraction of sp³-hybridized carbons (Fsp3) is 0.600. The van der Waals surface area contributed by atoms with Crippen molar-refractivity contribution in [3.8, 4) is 0 Å². The van der Waals surface area contributed by atoms with Gasteiger partial charge in [-0.15, -0.1) is 11.7 Å². The standard InChI is InChI=1S/C10H17N3O6S2/c11-5(10(18)19)1-2-7(14)13-6(4-21-20)9(17)12-3-8(15)16/h5-6,20H,1-4,11H2,(H,12,17)(H,13,14)(H,15,16)(H,18,19)/p-1/t5-,6-/m0/s1. The van der Waals surface area contributed by atoms with Crippen LogP contribution in [-0.4, -0.2) is 48.1 Å². The highest BCUT2D eigenvalue weighted by Crippen LogP contribution is 2.07. The van der Waals surface area contributed by atoms with Gasteiger partial charge in [0.15, 0.2) is 0 Å².